The number of aliphatic hydroxyl groups excluding tert-OH is 1. The fourth-order valence-corrected chi connectivity index (χ4v) is 4.95. The zero-order valence-corrected chi connectivity index (χ0v) is 24.4. The number of ketones is 1. The molecule has 4 rings (SSSR count). The maximum absolute atomic E-state index is 13.6. The van der Waals surface area contributed by atoms with Crippen molar-refractivity contribution >= 4 is 34.7 Å². The van der Waals surface area contributed by atoms with Gasteiger partial charge in [0.05, 0.1) is 23.2 Å². The van der Waals surface area contributed by atoms with Gasteiger partial charge in [0.1, 0.15) is 11.5 Å². The molecule has 5 nitrogen and oxygen atoms in total. The lowest BCUT2D eigenvalue weighted by molar-refractivity contribution is -0.132. The van der Waals surface area contributed by atoms with Gasteiger partial charge in [-0.15, -0.1) is 0 Å². The molecule has 1 atom stereocenters. The number of anilines is 1. The first-order valence-electron chi connectivity index (χ1n) is 13.2. The topological polar surface area (TPSA) is 66.8 Å². The van der Waals surface area contributed by atoms with E-state index in [1.807, 2.05) is 55.5 Å². The van der Waals surface area contributed by atoms with Crippen LogP contribution < -0.4 is 9.64 Å². The average molecular weight is 546 g/mol. The number of nitrogens with zero attached hydrogens (tertiary/aromatic N) is 1. The SMILES string of the molecule is CCOc1cc(/C(O)=C2/C(=O)C(=O)N(c3ccc(C(C)(C)C)cc3)C2c2ccc(C(C)(C)C)cc2)ccc1Cl. The summed E-state index contributed by atoms with van der Waals surface area (Å²) >= 11 is 6.26. The summed E-state index contributed by atoms with van der Waals surface area (Å²) in [6.07, 6.45) is 0. The minimum Gasteiger partial charge on any atom is -0.507 e. The molecule has 1 aliphatic rings. The van der Waals surface area contributed by atoms with E-state index >= 15 is 0 Å². The van der Waals surface area contributed by atoms with Crippen LogP contribution in [0.25, 0.3) is 5.76 Å². The predicted octanol–water partition coefficient (Wildman–Crippen LogP) is 7.96. The predicted molar refractivity (Wildman–Crippen MR) is 158 cm³/mol. The van der Waals surface area contributed by atoms with Crippen LogP contribution in [0.5, 0.6) is 5.75 Å². The molecule has 1 heterocycles. The van der Waals surface area contributed by atoms with E-state index in [0.717, 1.165) is 16.7 Å². The first kappa shape index (κ1) is 28.4. The monoisotopic (exact) mass is 545 g/mol. The number of hydrogen-bond acceptors (Lipinski definition) is 4. The van der Waals surface area contributed by atoms with Crippen molar-refractivity contribution in [1.29, 1.82) is 0 Å². The lowest BCUT2D eigenvalue weighted by atomic mass is 9.85. The van der Waals surface area contributed by atoms with Gasteiger partial charge in [-0.25, -0.2) is 0 Å². The molecule has 3 aromatic rings. The molecule has 1 saturated heterocycles. The van der Waals surface area contributed by atoms with Gasteiger partial charge >= 0.3 is 0 Å². The number of carbonyl (C=O) groups is 2. The molecule has 1 N–H and O–H groups in total. The molecule has 0 radical (unpaired) electrons. The van der Waals surface area contributed by atoms with Crippen LogP contribution in [0.1, 0.15) is 76.8 Å². The molecule has 204 valence electrons. The van der Waals surface area contributed by atoms with E-state index in [1.165, 1.54) is 4.90 Å². The van der Waals surface area contributed by atoms with Crippen molar-refractivity contribution in [3.8, 4) is 5.75 Å². The molecular formula is C33H36ClNO4. The largest absolute Gasteiger partial charge is 0.507 e. The van der Waals surface area contributed by atoms with E-state index in [2.05, 4.69) is 41.5 Å². The number of benzene rings is 3. The van der Waals surface area contributed by atoms with Crippen LogP contribution in [0, 0.1) is 0 Å². The fraction of sp³-hybridized carbons (Fsp3) is 0.333. The molecule has 1 unspecified atom stereocenters. The van der Waals surface area contributed by atoms with E-state index in [0.29, 0.717) is 28.6 Å². The van der Waals surface area contributed by atoms with Gasteiger partial charge < -0.3 is 9.84 Å². The third-order valence-corrected chi connectivity index (χ3v) is 7.37. The second-order valence-electron chi connectivity index (χ2n) is 11.9. The van der Waals surface area contributed by atoms with Crippen LogP contribution in [0.4, 0.5) is 5.69 Å². The Balaban J connectivity index is 1.91. The maximum Gasteiger partial charge on any atom is 0.300 e. The Morgan fingerprint density at radius 2 is 1.41 bits per heavy atom. The summed E-state index contributed by atoms with van der Waals surface area (Å²) in [7, 11) is 0. The summed E-state index contributed by atoms with van der Waals surface area (Å²) in [6, 6.07) is 19.5. The molecule has 0 saturated carbocycles. The van der Waals surface area contributed by atoms with Gasteiger partial charge in [0.25, 0.3) is 11.7 Å². The Hall–Kier alpha value is -3.57. The second kappa shape index (κ2) is 10.5. The van der Waals surface area contributed by atoms with Crippen molar-refractivity contribution in [2.24, 2.45) is 0 Å². The molecule has 1 amide bonds. The Morgan fingerprint density at radius 1 is 0.872 bits per heavy atom. The third kappa shape index (κ3) is 5.60. The zero-order valence-electron chi connectivity index (χ0n) is 23.6. The molecule has 0 bridgehead atoms. The lowest BCUT2D eigenvalue weighted by Gasteiger charge is -2.27. The maximum atomic E-state index is 13.6. The Labute approximate surface area is 236 Å². The van der Waals surface area contributed by atoms with Gasteiger partial charge in [-0.3, -0.25) is 14.5 Å². The molecule has 39 heavy (non-hydrogen) atoms. The summed E-state index contributed by atoms with van der Waals surface area (Å²) in [5.74, 6) is -1.32. The molecule has 1 fully saturated rings. The Kier molecular flexibility index (Phi) is 7.68. The number of Topliss-reactive ketones (excluding diaryl/α,β-unsaturated/α-hetero) is 1. The van der Waals surface area contributed by atoms with Crippen molar-refractivity contribution < 1.29 is 19.4 Å². The van der Waals surface area contributed by atoms with Gasteiger partial charge in [-0.05, 0) is 64.8 Å². The summed E-state index contributed by atoms with van der Waals surface area (Å²) in [5.41, 5.74) is 3.77. The summed E-state index contributed by atoms with van der Waals surface area (Å²) in [6.45, 7) is 15.0. The van der Waals surface area contributed by atoms with E-state index < -0.39 is 17.7 Å². The Morgan fingerprint density at radius 3 is 1.92 bits per heavy atom. The lowest BCUT2D eigenvalue weighted by Crippen LogP contribution is -2.29. The number of amides is 1. The van der Waals surface area contributed by atoms with E-state index in [9.17, 15) is 14.7 Å². The molecule has 1 aliphatic heterocycles. The zero-order chi connectivity index (χ0) is 28.7. The summed E-state index contributed by atoms with van der Waals surface area (Å²) in [5, 5.41) is 11.9. The number of carbonyl (C=O) groups excluding carboxylic acids is 2. The minimum absolute atomic E-state index is 0.0215. The molecule has 0 aliphatic carbocycles. The van der Waals surface area contributed by atoms with Gasteiger partial charge in [-0.1, -0.05) is 89.5 Å². The van der Waals surface area contributed by atoms with E-state index in [4.69, 9.17) is 16.3 Å². The van der Waals surface area contributed by atoms with Gasteiger partial charge in [0.2, 0.25) is 0 Å². The minimum atomic E-state index is -0.814. The smallest absolute Gasteiger partial charge is 0.300 e. The van der Waals surface area contributed by atoms with Crippen LogP contribution in [0.3, 0.4) is 0 Å². The van der Waals surface area contributed by atoms with Crippen molar-refractivity contribution in [2.75, 3.05) is 11.5 Å². The quantitative estimate of drug-likeness (QED) is 0.200. The molecule has 0 spiro atoms. The summed E-state index contributed by atoms with van der Waals surface area (Å²) in [4.78, 5) is 28.6. The molecule has 3 aromatic carbocycles. The molecule has 6 heteroatoms. The fourth-order valence-electron chi connectivity index (χ4n) is 4.77. The normalized spacial score (nSPS) is 17.5. The van der Waals surface area contributed by atoms with Crippen molar-refractivity contribution in [2.45, 2.75) is 65.3 Å². The highest BCUT2D eigenvalue weighted by molar-refractivity contribution is 6.51. The van der Waals surface area contributed by atoms with E-state index in [1.54, 1.807) is 18.2 Å². The number of ether oxygens (including phenoxy) is 1. The van der Waals surface area contributed by atoms with Crippen LogP contribution in [0.2, 0.25) is 5.02 Å². The van der Waals surface area contributed by atoms with Crippen molar-refractivity contribution in [1.82, 2.24) is 0 Å². The highest BCUT2D eigenvalue weighted by Gasteiger charge is 2.47. The standard InChI is InChI=1S/C33H36ClNO4/c1-8-39-26-19-21(11-18-25(26)34)29(36)27-28(20-9-12-22(13-10-20)32(2,3)4)35(31(38)30(27)37)24-16-14-23(15-17-24)33(5,6)7/h9-19,28,36H,8H2,1-7H3/b29-27-. The van der Waals surface area contributed by atoms with Crippen LogP contribution in [-0.4, -0.2) is 23.4 Å². The van der Waals surface area contributed by atoms with Gasteiger partial charge in [0.15, 0.2) is 0 Å². The molecule has 0 aromatic heterocycles. The van der Waals surface area contributed by atoms with Crippen LogP contribution in [0.15, 0.2) is 72.3 Å². The Bertz CT molecular complexity index is 1420. The van der Waals surface area contributed by atoms with E-state index in [-0.39, 0.29) is 22.2 Å². The average Bonchev–Trinajstić information content (AvgIpc) is 3.14. The first-order chi connectivity index (χ1) is 18.2. The highest BCUT2D eigenvalue weighted by atomic mass is 35.5. The van der Waals surface area contributed by atoms with Crippen molar-refractivity contribution in [3.63, 3.8) is 0 Å². The number of aliphatic hydroxyl groups is 1. The van der Waals surface area contributed by atoms with Crippen LogP contribution >= 0.6 is 11.6 Å². The van der Waals surface area contributed by atoms with Gasteiger partial charge in [0, 0.05) is 11.3 Å². The summed E-state index contributed by atoms with van der Waals surface area (Å²) < 4.78 is 5.60. The van der Waals surface area contributed by atoms with Gasteiger partial charge in [-0.2, -0.15) is 0 Å². The van der Waals surface area contributed by atoms with Crippen LogP contribution in [-0.2, 0) is 20.4 Å². The third-order valence-electron chi connectivity index (χ3n) is 7.05. The molecular weight excluding hydrogens is 510 g/mol. The number of hydrogen-bond donors (Lipinski definition) is 1. The number of rotatable bonds is 5. The van der Waals surface area contributed by atoms with Crippen molar-refractivity contribution in [3.05, 3.63) is 99.6 Å². The second-order valence-corrected chi connectivity index (χ2v) is 12.3. The number of halogens is 1. The highest BCUT2D eigenvalue weighted by Crippen LogP contribution is 2.43. The first-order valence-corrected chi connectivity index (χ1v) is 13.6.